The number of hydrogen-bond donors (Lipinski definition) is 0. The van der Waals surface area contributed by atoms with E-state index in [2.05, 4.69) is 15.9 Å². The summed E-state index contributed by atoms with van der Waals surface area (Å²) in [7, 11) is 1.72. The maximum absolute atomic E-state index is 13.3. The molecule has 16 heavy (non-hydrogen) atoms. The number of halogens is 2. The van der Waals surface area contributed by atoms with Gasteiger partial charge in [0.1, 0.15) is 5.82 Å². The SMILES string of the molecule is CC(Br)CN(C)C(=O)Cc1ccccc1F. The zero-order valence-corrected chi connectivity index (χ0v) is 11.0. The monoisotopic (exact) mass is 287 g/mol. The number of benzene rings is 1. The summed E-state index contributed by atoms with van der Waals surface area (Å²) in [4.78, 5) is 13.6. The van der Waals surface area contributed by atoms with E-state index in [1.54, 1.807) is 30.1 Å². The number of rotatable bonds is 4. The van der Waals surface area contributed by atoms with Crippen LogP contribution in [0, 0.1) is 5.82 Å². The molecule has 0 bridgehead atoms. The molecule has 88 valence electrons. The van der Waals surface area contributed by atoms with Crippen LogP contribution in [0.5, 0.6) is 0 Å². The fraction of sp³-hybridized carbons (Fsp3) is 0.417. The summed E-state index contributed by atoms with van der Waals surface area (Å²) in [6, 6.07) is 6.36. The third-order valence-electron chi connectivity index (χ3n) is 2.25. The zero-order valence-electron chi connectivity index (χ0n) is 9.41. The molecule has 1 unspecified atom stereocenters. The molecule has 0 spiro atoms. The van der Waals surface area contributed by atoms with Crippen molar-refractivity contribution in [3.63, 3.8) is 0 Å². The molecule has 0 radical (unpaired) electrons. The van der Waals surface area contributed by atoms with Gasteiger partial charge in [0.05, 0.1) is 6.42 Å². The summed E-state index contributed by atoms with van der Waals surface area (Å²) < 4.78 is 13.3. The lowest BCUT2D eigenvalue weighted by Crippen LogP contribution is -2.32. The van der Waals surface area contributed by atoms with Crippen LogP contribution >= 0.6 is 15.9 Å². The molecule has 1 atom stereocenters. The lowest BCUT2D eigenvalue weighted by Gasteiger charge is -2.18. The Morgan fingerprint density at radius 2 is 2.12 bits per heavy atom. The van der Waals surface area contributed by atoms with Crippen LogP contribution in [0.15, 0.2) is 24.3 Å². The van der Waals surface area contributed by atoms with Crippen molar-refractivity contribution in [2.45, 2.75) is 18.2 Å². The van der Waals surface area contributed by atoms with E-state index >= 15 is 0 Å². The standard InChI is InChI=1S/C12H15BrFNO/c1-9(13)8-15(2)12(16)7-10-5-3-4-6-11(10)14/h3-6,9H,7-8H2,1-2H3. The number of carbonyl (C=O) groups is 1. The van der Waals surface area contributed by atoms with Crippen molar-refractivity contribution in [1.82, 2.24) is 4.90 Å². The molecule has 0 aromatic heterocycles. The maximum atomic E-state index is 13.3. The second-order valence-corrected chi connectivity index (χ2v) is 5.39. The number of nitrogens with zero attached hydrogens (tertiary/aromatic N) is 1. The molecular weight excluding hydrogens is 273 g/mol. The van der Waals surface area contributed by atoms with E-state index < -0.39 is 0 Å². The van der Waals surface area contributed by atoms with Crippen LogP contribution in [-0.2, 0) is 11.2 Å². The van der Waals surface area contributed by atoms with E-state index in [0.29, 0.717) is 12.1 Å². The molecule has 1 amide bonds. The van der Waals surface area contributed by atoms with Gasteiger partial charge < -0.3 is 4.90 Å². The average molecular weight is 288 g/mol. The van der Waals surface area contributed by atoms with Crippen LogP contribution in [0.2, 0.25) is 0 Å². The highest BCUT2D eigenvalue weighted by molar-refractivity contribution is 9.09. The Kier molecular flexibility index (Phi) is 4.93. The Morgan fingerprint density at radius 3 is 2.69 bits per heavy atom. The molecule has 0 heterocycles. The highest BCUT2D eigenvalue weighted by Gasteiger charge is 2.13. The van der Waals surface area contributed by atoms with Crippen LogP contribution in [0.3, 0.4) is 0 Å². The summed E-state index contributed by atoms with van der Waals surface area (Å²) in [6.45, 7) is 2.58. The molecule has 1 aromatic rings. The minimum Gasteiger partial charge on any atom is -0.344 e. The van der Waals surface area contributed by atoms with Crippen molar-refractivity contribution >= 4 is 21.8 Å². The summed E-state index contributed by atoms with van der Waals surface area (Å²) in [5.74, 6) is -0.396. The minimum atomic E-state index is -0.323. The first-order valence-electron chi connectivity index (χ1n) is 5.12. The molecule has 1 rings (SSSR count). The zero-order chi connectivity index (χ0) is 12.1. The fourth-order valence-electron chi connectivity index (χ4n) is 1.42. The van der Waals surface area contributed by atoms with Gasteiger partial charge in [0, 0.05) is 18.4 Å². The van der Waals surface area contributed by atoms with Gasteiger partial charge in [-0.05, 0) is 11.6 Å². The first-order chi connectivity index (χ1) is 7.50. The molecular formula is C12H15BrFNO. The van der Waals surface area contributed by atoms with Gasteiger partial charge in [0.15, 0.2) is 0 Å². The highest BCUT2D eigenvalue weighted by atomic mass is 79.9. The van der Waals surface area contributed by atoms with Gasteiger partial charge in [-0.3, -0.25) is 4.79 Å². The normalized spacial score (nSPS) is 12.2. The van der Waals surface area contributed by atoms with Gasteiger partial charge >= 0.3 is 0 Å². The summed E-state index contributed by atoms with van der Waals surface area (Å²) in [5, 5.41) is 0. The molecule has 0 fully saturated rings. The first-order valence-corrected chi connectivity index (χ1v) is 6.03. The Labute approximate surface area is 104 Å². The average Bonchev–Trinajstić information content (AvgIpc) is 2.20. The number of amides is 1. The molecule has 0 aliphatic heterocycles. The molecule has 2 nitrogen and oxygen atoms in total. The summed E-state index contributed by atoms with van der Waals surface area (Å²) >= 11 is 3.38. The van der Waals surface area contributed by atoms with E-state index in [1.807, 2.05) is 6.92 Å². The molecule has 0 saturated heterocycles. The predicted octanol–water partition coefficient (Wildman–Crippen LogP) is 2.61. The lowest BCUT2D eigenvalue weighted by molar-refractivity contribution is -0.129. The van der Waals surface area contributed by atoms with Crippen molar-refractivity contribution in [3.8, 4) is 0 Å². The van der Waals surface area contributed by atoms with Crippen LogP contribution in [0.4, 0.5) is 4.39 Å². The number of alkyl halides is 1. The Bertz CT molecular complexity index is 368. The molecule has 4 heteroatoms. The number of hydrogen-bond acceptors (Lipinski definition) is 1. The minimum absolute atomic E-state index is 0.0728. The molecule has 0 N–H and O–H groups in total. The van der Waals surface area contributed by atoms with Crippen molar-refractivity contribution in [2.24, 2.45) is 0 Å². The smallest absolute Gasteiger partial charge is 0.226 e. The predicted molar refractivity (Wildman–Crippen MR) is 66.1 cm³/mol. The Balaban J connectivity index is 2.61. The van der Waals surface area contributed by atoms with Crippen LogP contribution in [0.1, 0.15) is 12.5 Å². The van der Waals surface area contributed by atoms with Gasteiger partial charge in [-0.15, -0.1) is 0 Å². The lowest BCUT2D eigenvalue weighted by atomic mass is 10.1. The summed E-state index contributed by atoms with van der Waals surface area (Å²) in [5.41, 5.74) is 0.446. The topological polar surface area (TPSA) is 20.3 Å². The summed E-state index contributed by atoms with van der Waals surface area (Å²) in [6.07, 6.45) is 0.114. The fourth-order valence-corrected chi connectivity index (χ4v) is 1.85. The van der Waals surface area contributed by atoms with E-state index in [4.69, 9.17) is 0 Å². The third-order valence-corrected chi connectivity index (χ3v) is 2.54. The van der Waals surface area contributed by atoms with Gasteiger partial charge in [-0.25, -0.2) is 4.39 Å². The van der Waals surface area contributed by atoms with Crippen LogP contribution < -0.4 is 0 Å². The molecule has 1 aromatic carbocycles. The van der Waals surface area contributed by atoms with E-state index in [1.165, 1.54) is 6.07 Å². The second kappa shape index (κ2) is 5.99. The molecule has 0 saturated carbocycles. The number of likely N-dealkylation sites (N-methyl/N-ethyl adjacent to an activating group) is 1. The van der Waals surface area contributed by atoms with Crippen molar-refractivity contribution in [1.29, 1.82) is 0 Å². The van der Waals surface area contributed by atoms with Gasteiger partial charge in [-0.2, -0.15) is 0 Å². The third kappa shape index (κ3) is 3.93. The Morgan fingerprint density at radius 1 is 1.50 bits per heavy atom. The quantitative estimate of drug-likeness (QED) is 0.780. The Hall–Kier alpha value is -0.900. The van der Waals surface area contributed by atoms with E-state index in [0.717, 1.165) is 0 Å². The highest BCUT2D eigenvalue weighted by Crippen LogP contribution is 2.09. The van der Waals surface area contributed by atoms with E-state index in [9.17, 15) is 9.18 Å². The number of carbonyl (C=O) groups excluding carboxylic acids is 1. The molecule has 0 aliphatic rings. The van der Waals surface area contributed by atoms with Gasteiger partial charge in [0.2, 0.25) is 5.91 Å². The van der Waals surface area contributed by atoms with Gasteiger partial charge in [-0.1, -0.05) is 41.1 Å². The van der Waals surface area contributed by atoms with Crippen molar-refractivity contribution in [3.05, 3.63) is 35.6 Å². The molecule has 0 aliphatic carbocycles. The van der Waals surface area contributed by atoms with E-state index in [-0.39, 0.29) is 23.0 Å². The van der Waals surface area contributed by atoms with Crippen molar-refractivity contribution < 1.29 is 9.18 Å². The second-order valence-electron chi connectivity index (χ2n) is 3.82. The van der Waals surface area contributed by atoms with Crippen LogP contribution in [0.25, 0.3) is 0 Å². The maximum Gasteiger partial charge on any atom is 0.226 e. The van der Waals surface area contributed by atoms with Crippen molar-refractivity contribution in [2.75, 3.05) is 13.6 Å². The van der Waals surface area contributed by atoms with Gasteiger partial charge in [0.25, 0.3) is 0 Å². The first kappa shape index (κ1) is 13.2. The largest absolute Gasteiger partial charge is 0.344 e. The van der Waals surface area contributed by atoms with Crippen LogP contribution in [-0.4, -0.2) is 29.2 Å².